The number of carbonyl (C=O) groups excluding carboxylic acids is 2. The fourth-order valence-electron chi connectivity index (χ4n) is 1.90. The van der Waals surface area contributed by atoms with Gasteiger partial charge < -0.3 is 19.5 Å². The van der Waals surface area contributed by atoms with Gasteiger partial charge in [-0.2, -0.15) is 0 Å². The SMILES string of the molecule is CC(=O)OC1OCC[C@@H]1NC(=O)OCc1ccccc1. The fourth-order valence-corrected chi connectivity index (χ4v) is 1.90. The van der Waals surface area contributed by atoms with Gasteiger partial charge in [-0.1, -0.05) is 30.3 Å². The van der Waals surface area contributed by atoms with Crippen LogP contribution in [0.25, 0.3) is 0 Å². The number of hydrogen-bond acceptors (Lipinski definition) is 5. The molecule has 6 heteroatoms. The van der Waals surface area contributed by atoms with E-state index in [4.69, 9.17) is 14.2 Å². The van der Waals surface area contributed by atoms with Crippen molar-refractivity contribution in [1.82, 2.24) is 5.32 Å². The van der Waals surface area contributed by atoms with E-state index >= 15 is 0 Å². The number of carbonyl (C=O) groups is 2. The molecule has 0 bridgehead atoms. The van der Waals surface area contributed by atoms with Gasteiger partial charge in [-0.25, -0.2) is 4.79 Å². The zero-order chi connectivity index (χ0) is 14.4. The molecular weight excluding hydrogens is 262 g/mol. The molecule has 0 saturated carbocycles. The molecule has 1 unspecified atom stereocenters. The van der Waals surface area contributed by atoms with Crippen molar-refractivity contribution in [3.05, 3.63) is 35.9 Å². The molecule has 1 aromatic carbocycles. The van der Waals surface area contributed by atoms with Crippen molar-refractivity contribution in [2.24, 2.45) is 0 Å². The third kappa shape index (κ3) is 4.24. The Bertz CT molecular complexity index is 462. The number of hydrogen-bond donors (Lipinski definition) is 1. The van der Waals surface area contributed by atoms with Crippen LogP contribution in [0.5, 0.6) is 0 Å². The van der Waals surface area contributed by atoms with Crippen molar-refractivity contribution in [3.63, 3.8) is 0 Å². The number of nitrogens with one attached hydrogen (secondary N) is 1. The number of amides is 1. The first-order valence-electron chi connectivity index (χ1n) is 6.41. The third-order valence-corrected chi connectivity index (χ3v) is 2.84. The molecule has 108 valence electrons. The van der Waals surface area contributed by atoms with Crippen molar-refractivity contribution < 1.29 is 23.8 Å². The highest BCUT2D eigenvalue weighted by molar-refractivity contribution is 5.68. The molecule has 1 fully saturated rings. The fraction of sp³-hybridized carbons (Fsp3) is 0.429. The largest absolute Gasteiger partial charge is 0.445 e. The molecule has 1 aliphatic heterocycles. The maximum atomic E-state index is 11.7. The number of esters is 1. The lowest BCUT2D eigenvalue weighted by molar-refractivity contribution is -0.169. The summed E-state index contributed by atoms with van der Waals surface area (Å²) in [4.78, 5) is 22.6. The molecular formula is C14H17NO5. The van der Waals surface area contributed by atoms with Gasteiger partial charge in [0.05, 0.1) is 12.6 Å². The van der Waals surface area contributed by atoms with E-state index in [2.05, 4.69) is 5.32 Å². The number of benzene rings is 1. The number of rotatable bonds is 4. The quantitative estimate of drug-likeness (QED) is 0.847. The van der Waals surface area contributed by atoms with Crippen LogP contribution in [0.4, 0.5) is 4.79 Å². The molecule has 1 aliphatic rings. The Balaban J connectivity index is 1.77. The molecule has 6 nitrogen and oxygen atoms in total. The van der Waals surface area contributed by atoms with Crippen molar-refractivity contribution in [2.45, 2.75) is 32.3 Å². The lowest BCUT2D eigenvalue weighted by Crippen LogP contribution is -2.42. The average molecular weight is 279 g/mol. The van der Waals surface area contributed by atoms with Crippen molar-refractivity contribution >= 4 is 12.1 Å². The van der Waals surface area contributed by atoms with Crippen LogP contribution in [0, 0.1) is 0 Å². The molecule has 1 aromatic rings. The van der Waals surface area contributed by atoms with Gasteiger partial charge >= 0.3 is 12.1 Å². The Morgan fingerprint density at radius 3 is 2.80 bits per heavy atom. The Morgan fingerprint density at radius 2 is 2.10 bits per heavy atom. The normalized spacial score (nSPS) is 21.2. The standard InChI is InChI=1S/C14H17NO5/c1-10(16)20-13-12(7-8-18-13)15-14(17)19-9-11-5-3-2-4-6-11/h2-6,12-13H,7-9H2,1H3,(H,15,17)/t12-,13?/m0/s1. The summed E-state index contributed by atoms with van der Waals surface area (Å²) < 4.78 is 15.3. The molecule has 1 heterocycles. The topological polar surface area (TPSA) is 73.9 Å². The van der Waals surface area contributed by atoms with Crippen molar-refractivity contribution in [3.8, 4) is 0 Å². The van der Waals surface area contributed by atoms with Gasteiger partial charge in [0.15, 0.2) is 0 Å². The highest BCUT2D eigenvalue weighted by Gasteiger charge is 2.32. The van der Waals surface area contributed by atoms with Gasteiger partial charge in [-0.05, 0) is 12.0 Å². The highest BCUT2D eigenvalue weighted by Crippen LogP contribution is 2.15. The van der Waals surface area contributed by atoms with Crippen LogP contribution in [0.1, 0.15) is 18.9 Å². The molecule has 1 saturated heterocycles. The first kappa shape index (κ1) is 14.3. The predicted molar refractivity (Wildman–Crippen MR) is 69.7 cm³/mol. The number of ether oxygens (including phenoxy) is 3. The van der Waals surface area contributed by atoms with E-state index in [0.717, 1.165) is 5.56 Å². The summed E-state index contributed by atoms with van der Waals surface area (Å²) >= 11 is 0. The molecule has 0 aromatic heterocycles. The molecule has 0 spiro atoms. The van der Waals surface area contributed by atoms with Gasteiger partial charge in [-0.15, -0.1) is 0 Å². The summed E-state index contributed by atoms with van der Waals surface area (Å²) in [6.07, 6.45) is -0.712. The second-order valence-electron chi connectivity index (χ2n) is 4.45. The van der Waals surface area contributed by atoms with Crippen molar-refractivity contribution in [2.75, 3.05) is 6.61 Å². The van der Waals surface area contributed by atoms with E-state index in [1.165, 1.54) is 6.92 Å². The van der Waals surface area contributed by atoms with Crippen LogP contribution in [0.3, 0.4) is 0 Å². The summed E-state index contributed by atoms with van der Waals surface area (Å²) in [6, 6.07) is 9.00. The van der Waals surface area contributed by atoms with E-state index in [1.807, 2.05) is 30.3 Å². The monoisotopic (exact) mass is 279 g/mol. The van der Waals surface area contributed by atoms with Crippen LogP contribution >= 0.6 is 0 Å². The van der Waals surface area contributed by atoms with Gasteiger partial charge in [0, 0.05) is 6.92 Å². The summed E-state index contributed by atoms with van der Waals surface area (Å²) in [7, 11) is 0. The maximum absolute atomic E-state index is 11.7. The van der Waals surface area contributed by atoms with Crippen molar-refractivity contribution in [1.29, 1.82) is 0 Å². The van der Waals surface area contributed by atoms with Crippen LogP contribution in [-0.4, -0.2) is 31.0 Å². The molecule has 1 amide bonds. The molecule has 2 rings (SSSR count). The van der Waals surface area contributed by atoms with Crippen LogP contribution in [-0.2, 0) is 25.6 Å². The first-order chi connectivity index (χ1) is 9.65. The summed E-state index contributed by atoms with van der Waals surface area (Å²) in [5, 5.41) is 2.64. The lowest BCUT2D eigenvalue weighted by atomic mass is 10.2. The summed E-state index contributed by atoms with van der Waals surface area (Å²) in [5.74, 6) is -0.443. The summed E-state index contributed by atoms with van der Waals surface area (Å²) in [6.45, 7) is 1.92. The molecule has 1 N–H and O–H groups in total. The van der Waals surface area contributed by atoms with E-state index in [1.54, 1.807) is 0 Å². The zero-order valence-electron chi connectivity index (χ0n) is 11.2. The second-order valence-corrected chi connectivity index (χ2v) is 4.45. The Labute approximate surface area is 117 Å². The lowest BCUT2D eigenvalue weighted by Gasteiger charge is -2.19. The third-order valence-electron chi connectivity index (χ3n) is 2.84. The molecule has 2 atom stereocenters. The predicted octanol–water partition coefficient (Wildman–Crippen LogP) is 1.59. The minimum Gasteiger partial charge on any atom is -0.445 e. The van der Waals surface area contributed by atoms with Crippen LogP contribution < -0.4 is 5.32 Å². The zero-order valence-corrected chi connectivity index (χ0v) is 11.2. The minimum atomic E-state index is -0.739. The number of alkyl carbamates (subject to hydrolysis) is 1. The van der Waals surface area contributed by atoms with E-state index < -0.39 is 18.4 Å². The Kier molecular flexibility index (Phi) is 4.95. The minimum absolute atomic E-state index is 0.193. The second kappa shape index (κ2) is 6.91. The maximum Gasteiger partial charge on any atom is 0.407 e. The van der Waals surface area contributed by atoms with Gasteiger partial charge in [-0.3, -0.25) is 4.79 Å². The smallest absolute Gasteiger partial charge is 0.407 e. The molecule has 0 radical (unpaired) electrons. The van der Waals surface area contributed by atoms with Gasteiger partial charge in [0.25, 0.3) is 0 Å². The summed E-state index contributed by atoms with van der Waals surface area (Å²) in [5.41, 5.74) is 0.904. The van der Waals surface area contributed by atoms with E-state index in [9.17, 15) is 9.59 Å². The highest BCUT2D eigenvalue weighted by atomic mass is 16.7. The molecule has 20 heavy (non-hydrogen) atoms. The Hall–Kier alpha value is -2.08. The average Bonchev–Trinajstić information content (AvgIpc) is 2.84. The first-order valence-corrected chi connectivity index (χ1v) is 6.41. The van der Waals surface area contributed by atoms with Crippen LogP contribution in [0.2, 0.25) is 0 Å². The van der Waals surface area contributed by atoms with Gasteiger partial charge in [0.1, 0.15) is 6.61 Å². The van der Waals surface area contributed by atoms with Gasteiger partial charge in [0.2, 0.25) is 6.29 Å². The van der Waals surface area contributed by atoms with E-state index in [0.29, 0.717) is 13.0 Å². The van der Waals surface area contributed by atoms with E-state index in [-0.39, 0.29) is 12.6 Å². The van der Waals surface area contributed by atoms with Crippen LogP contribution in [0.15, 0.2) is 30.3 Å². The molecule has 0 aliphatic carbocycles. The Morgan fingerprint density at radius 1 is 1.35 bits per heavy atom.